The molecule has 1 aromatic rings. The molecular weight excluding hydrogens is 228 g/mol. The Morgan fingerprint density at radius 3 is 3.11 bits per heavy atom. The van der Waals surface area contributed by atoms with Crippen LogP contribution in [0.2, 0.25) is 0 Å². The third-order valence-corrected chi connectivity index (χ3v) is 3.81. The van der Waals surface area contributed by atoms with Gasteiger partial charge in [0.15, 0.2) is 0 Å². The van der Waals surface area contributed by atoms with Crippen molar-refractivity contribution in [1.29, 1.82) is 0 Å². The van der Waals surface area contributed by atoms with Crippen LogP contribution in [0.25, 0.3) is 0 Å². The monoisotopic (exact) mass is 246 g/mol. The minimum Gasteiger partial charge on any atom is -0.497 e. The van der Waals surface area contributed by atoms with Crippen LogP contribution >= 0.6 is 0 Å². The zero-order valence-corrected chi connectivity index (χ0v) is 10.6. The van der Waals surface area contributed by atoms with Crippen molar-refractivity contribution in [2.45, 2.75) is 25.3 Å². The van der Waals surface area contributed by atoms with Gasteiger partial charge in [-0.3, -0.25) is 4.79 Å². The van der Waals surface area contributed by atoms with E-state index in [-0.39, 0.29) is 11.9 Å². The Hall–Kier alpha value is -1.55. The zero-order chi connectivity index (χ0) is 12.5. The largest absolute Gasteiger partial charge is 0.497 e. The quantitative estimate of drug-likeness (QED) is 0.856. The number of nitrogens with one attached hydrogen (secondary N) is 1. The minimum atomic E-state index is 0.00199. The lowest BCUT2D eigenvalue weighted by Crippen LogP contribution is -2.42. The normalized spacial score (nSPS) is 22.1. The van der Waals surface area contributed by atoms with Crippen LogP contribution in [0.5, 0.6) is 5.75 Å². The highest BCUT2D eigenvalue weighted by molar-refractivity contribution is 5.99. The van der Waals surface area contributed by atoms with Crippen LogP contribution in [0.3, 0.4) is 0 Å². The van der Waals surface area contributed by atoms with Gasteiger partial charge in [0.2, 0.25) is 5.91 Å². The molecule has 1 unspecified atom stereocenters. The molecule has 1 amide bonds. The Balaban J connectivity index is 1.86. The molecule has 0 bridgehead atoms. The molecule has 4 heteroatoms. The topological polar surface area (TPSA) is 41.6 Å². The third-order valence-electron chi connectivity index (χ3n) is 3.81. The number of hydrogen-bond donors (Lipinski definition) is 1. The maximum atomic E-state index is 12.4. The van der Waals surface area contributed by atoms with Crippen molar-refractivity contribution in [2.75, 3.05) is 25.1 Å². The van der Waals surface area contributed by atoms with Crippen molar-refractivity contribution < 1.29 is 9.53 Å². The summed E-state index contributed by atoms with van der Waals surface area (Å²) in [6.45, 7) is 1.74. The van der Waals surface area contributed by atoms with Crippen LogP contribution in [0, 0.1) is 0 Å². The zero-order valence-electron chi connectivity index (χ0n) is 10.6. The summed E-state index contributed by atoms with van der Waals surface area (Å²) in [4.78, 5) is 14.3. The van der Waals surface area contributed by atoms with Crippen LogP contribution in [0.15, 0.2) is 18.2 Å². The Morgan fingerprint density at radius 2 is 2.39 bits per heavy atom. The minimum absolute atomic E-state index is 0.00199. The predicted molar refractivity (Wildman–Crippen MR) is 70.1 cm³/mol. The van der Waals surface area contributed by atoms with Crippen molar-refractivity contribution in [2.24, 2.45) is 0 Å². The summed E-state index contributed by atoms with van der Waals surface area (Å²) in [5.74, 6) is 1.02. The second-order valence-electron chi connectivity index (χ2n) is 4.88. The number of fused-ring (bicyclic) bond motifs is 1. The Morgan fingerprint density at radius 1 is 1.50 bits per heavy atom. The summed E-state index contributed by atoms with van der Waals surface area (Å²) >= 11 is 0. The molecule has 0 saturated carbocycles. The molecule has 3 rings (SSSR count). The highest BCUT2D eigenvalue weighted by atomic mass is 16.5. The first-order chi connectivity index (χ1) is 8.79. The van der Waals surface area contributed by atoms with Crippen molar-refractivity contribution >= 4 is 11.6 Å². The molecule has 0 aromatic heterocycles. The van der Waals surface area contributed by atoms with Gasteiger partial charge in [0, 0.05) is 12.6 Å². The fraction of sp³-hybridized carbons (Fsp3) is 0.500. The van der Waals surface area contributed by atoms with E-state index in [1.54, 1.807) is 7.11 Å². The van der Waals surface area contributed by atoms with Crippen LogP contribution in [0.4, 0.5) is 5.69 Å². The maximum Gasteiger partial charge on any atom is 0.244 e. The fourth-order valence-corrected chi connectivity index (χ4v) is 2.80. The number of methoxy groups -OCH3 is 1. The molecule has 18 heavy (non-hydrogen) atoms. The van der Waals surface area contributed by atoms with Crippen LogP contribution < -0.4 is 15.0 Å². The Bertz CT molecular complexity index is 467. The molecule has 1 N–H and O–H groups in total. The van der Waals surface area contributed by atoms with Crippen LogP contribution in [0.1, 0.15) is 18.4 Å². The number of nitrogens with zero attached hydrogens (tertiary/aromatic N) is 1. The van der Waals surface area contributed by atoms with Gasteiger partial charge >= 0.3 is 0 Å². The first-order valence-corrected chi connectivity index (χ1v) is 6.51. The van der Waals surface area contributed by atoms with Gasteiger partial charge < -0.3 is 15.0 Å². The average molecular weight is 246 g/mol. The van der Waals surface area contributed by atoms with Gasteiger partial charge in [-0.1, -0.05) is 6.07 Å². The Kier molecular flexibility index (Phi) is 2.96. The van der Waals surface area contributed by atoms with Gasteiger partial charge in [-0.05, 0) is 37.4 Å². The lowest BCUT2D eigenvalue weighted by molar-refractivity contribution is -0.120. The fourth-order valence-electron chi connectivity index (χ4n) is 2.80. The molecule has 2 aliphatic rings. The second kappa shape index (κ2) is 4.61. The molecular formula is C14H18N2O2. The number of anilines is 1. The smallest absolute Gasteiger partial charge is 0.244 e. The van der Waals surface area contributed by atoms with E-state index in [9.17, 15) is 4.79 Å². The average Bonchev–Trinajstić information content (AvgIpc) is 3.06. The number of amides is 1. The van der Waals surface area contributed by atoms with Crippen molar-refractivity contribution in [3.8, 4) is 5.75 Å². The number of rotatable bonds is 2. The standard InChI is InChI=1S/C14H18N2O2/c1-18-11-5-4-10-6-8-16(13(10)9-11)14(17)12-3-2-7-15-12/h4-5,9,12,15H,2-3,6-8H2,1H3. The lowest BCUT2D eigenvalue weighted by atomic mass is 10.1. The number of carbonyl (C=O) groups is 1. The first kappa shape index (κ1) is 11.5. The summed E-state index contributed by atoms with van der Waals surface area (Å²) in [5, 5.41) is 3.27. The highest BCUT2D eigenvalue weighted by Gasteiger charge is 2.31. The molecule has 0 spiro atoms. The summed E-state index contributed by atoms with van der Waals surface area (Å²) < 4.78 is 5.24. The van der Waals surface area contributed by atoms with E-state index in [1.807, 2.05) is 17.0 Å². The summed E-state index contributed by atoms with van der Waals surface area (Å²) in [5.41, 5.74) is 2.26. The summed E-state index contributed by atoms with van der Waals surface area (Å²) in [7, 11) is 1.65. The van der Waals surface area contributed by atoms with E-state index in [0.29, 0.717) is 0 Å². The van der Waals surface area contributed by atoms with Crippen LogP contribution in [-0.4, -0.2) is 32.1 Å². The molecule has 4 nitrogen and oxygen atoms in total. The molecule has 1 fully saturated rings. The van der Waals surface area contributed by atoms with Gasteiger partial charge in [-0.15, -0.1) is 0 Å². The Labute approximate surface area is 107 Å². The van der Waals surface area contributed by atoms with Gasteiger partial charge in [-0.2, -0.15) is 0 Å². The SMILES string of the molecule is COc1ccc2c(c1)N(C(=O)C1CCCN1)CC2. The maximum absolute atomic E-state index is 12.4. The molecule has 0 radical (unpaired) electrons. The number of hydrogen-bond acceptors (Lipinski definition) is 3. The molecule has 96 valence electrons. The van der Waals surface area contributed by atoms with Crippen molar-refractivity contribution in [1.82, 2.24) is 5.32 Å². The van der Waals surface area contributed by atoms with Crippen molar-refractivity contribution in [3.05, 3.63) is 23.8 Å². The third kappa shape index (κ3) is 1.86. The van der Waals surface area contributed by atoms with E-state index in [0.717, 1.165) is 43.8 Å². The molecule has 1 atom stereocenters. The molecule has 1 aromatic carbocycles. The number of ether oxygens (including phenoxy) is 1. The molecule has 2 heterocycles. The second-order valence-corrected chi connectivity index (χ2v) is 4.88. The highest BCUT2D eigenvalue weighted by Crippen LogP contribution is 2.32. The van der Waals surface area contributed by atoms with Gasteiger partial charge in [0.05, 0.1) is 18.8 Å². The van der Waals surface area contributed by atoms with E-state index >= 15 is 0 Å². The van der Waals surface area contributed by atoms with E-state index in [1.165, 1.54) is 5.56 Å². The number of benzene rings is 1. The number of carbonyl (C=O) groups excluding carboxylic acids is 1. The lowest BCUT2D eigenvalue weighted by Gasteiger charge is -2.21. The molecule has 2 aliphatic heterocycles. The predicted octanol–water partition coefficient (Wildman–Crippen LogP) is 1.34. The molecule has 0 aliphatic carbocycles. The van der Waals surface area contributed by atoms with E-state index < -0.39 is 0 Å². The first-order valence-electron chi connectivity index (χ1n) is 6.51. The summed E-state index contributed by atoms with van der Waals surface area (Å²) in [6.07, 6.45) is 2.99. The van der Waals surface area contributed by atoms with Gasteiger partial charge in [-0.25, -0.2) is 0 Å². The van der Waals surface area contributed by atoms with Crippen LogP contribution in [-0.2, 0) is 11.2 Å². The van der Waals surface area contributed by atoms with E-state index in [2.05, 4.69) is 11.4 Å². The molecule has 1 saturated heterocycles. The van der Waals surface area contributed by atoms with Gasteiger partial charge in [0.1, 0.15) is 5.75 Å². The summed E-state index contributed by atoms with van der Waals surface area (Å²) in [6, 6.07) is 5.99. The van der Waals surface area contributed by atoms with Crippen molar-refractivity contribution in [3.63, 3.8) is 0 Å². The van der Waals surface area contributed by atoms with E-state index in [4.69, 9.17) is 4.74 Å². The van der Waals surface area contributed by atoms with Gasteiger partial charge in [0.25, 0.3) is 0 Å².